The molecule has 1 aliphatic carbocycles. The molecule has 2 aliphatic rings. The van der Waals surface area contributed by atoms with Gasteiger partial charge in [-0.1, -0.05) is 23.9 Å². The van der Waals surface area contributed by atoms with Crippen molar-refractivity contribution in [2.45, 2.75) is 36.5 Å². The van der Waals surface area contributed by atoms with Crippen LogP contribution in [0.2, 0.25) is 0 Å². The van der Waals surface area contributed by atoms with Gasteiger partial charge in [0.25, 0.3) is 0 Å². The number of halogens is 3. The number of rotatable bonds is 7. The minimum Gasteiger partial charge on any atom is -0.305 e. The van der Waals surface area contributed by atoms with Gasteiger partial charge in [-0.2, -0.15) is 13.2 Å². The summed E-state index contributed by atoms with van der Waals surface area (Å²) < 4.78 is 40.5. The van der Waals surface area contributed by atoms with Crippen molar-refractivity contribution in [2.24, 2.45) is 12.5 Å². The summed E-state index contributed by atoms with van der Waals surface area (Å²) in [4.78, 5) is 6.65. The Labute approximate surface area is 195 Å². The number of alkyl halides is 3. The lowest BCUT2D eigenvalue weighted by Crippen LogP contribution is -2.23. The maximum absolute atomic E-state index is 12.8. The molecule has 2 atom stereocenters. The molecule has 0 radical (unpaired) electrons. The van der Waals surface area contributed by atoms with E-state index in [2.05, 4.69) is 20.1 Å². The van der Waals surface area contributed by atoms with Crippen LogP contribution < -0.4 is 0 Å². The standard InChI is InChI=1S/C24H26F3N5S/c1-31-21(18-4-2-10-28-15-18)29-30-22(31)33-13-3-11-32-12-9-23(16-32)14-20(23)17-5-7-19(8-6-17)24(25,26)27/h2,4-8,10,15,20H,3,9,11-14,16H2,1H3/t20-,23+/m0/s1. The molecule has 0 bridgehead atoms. The number of hydrogen-bond acceptors (Lipinski definition) is 5. The highest BCUT2D eigenvalue weighted by molar-refractivity contribution is 7.99. The highest BCUT2D eigenvalue weighted by atomic mass is 32.2. The second kappa shape index (κ2) is 8.76. The summed E-state index contributed by atoms with van der Waals surface area (Å²) in [5.41, 5.74) is 1.69. The summed E-state index contributed by atoms with van der Waals surface area (Å²) in [7, 11) is 1.98. The number of likely N-dealkylation sites (tertiary alicyclic amines) is 1. The number of benzene rings is 1. The Kier molecular flexibility index (Phi) is 5.95. The highest BCUT2D eigenvalue weighted by Crippen LogP contribution is 2.64. The second-order valence-corrected chi connectivity index (χ2v) is 10.1. The fraction of sp³-hybridized carbons (Fsp3) is 0.458. The van der Waals surface area contributed by atoms with E-state index < -0.39 is 11.7 Å². The fourth-order valence-electron chi connectivity index (χ4n) is 4.99. The molecule has 0 N–H and O–H groups in total. The van der Waals surface area contributed by atoms with Gasteiger partial charge in [0.05, 0.1) is 5.56 Å². The van der Waals surface area contributed by atoms with Gasteiger partial charge in [-0.25, -0.2) is 0 Å². The Hall–Kier alpha value is -2.39. The van der Waals surface area contributed by atoms with E-state index in [1.165, 1.54) is 12.1 Å². The summed E-state index contributed by atoms with van der Waals surface area (Å²) in [5, 5.41) is 9.53. The molecule has 2 aromatic heterocycles. The molecule has 1 saturated carbocycles. The van der Waals surface area contributed by atoms with Crippen LogP contribution >= 0.6 is 11.8 Å². The lowest BCUT2D eigenvalue weighted by atomic mass is 9.97. The molecule has 1 aromatic carbocycles. The van der Waals surface area contributed by atoms with E-state index in [1.54, 1.807) is 36.3 Å². The second-order valence-electron chi connectivity index (χ2n) is 9.07. The van der Waals surface area contributed by atoms with Crippen molar-refractivity contribution < 1.29 is 13.2 Å². The molecule has 33 heavy (non-hydrogen) atoms. The van der Waals surface area contributed by atoms with E-state index in [1.807, 2.05) is 23.7 Å². The van der Waals surface area contributed by atoms with Gasteiger partial charge in [-0.3, -0.25) is 4.98 Å². The molecule has 174 valence electrons. The van der Waals surface area contributed by atoms with Gasteiger partial charge in [0.15, 0.2) is 11.0 Å². The molecule has 1 saturated heterocycles. The first-order chi connectivity index (χ1) is 15.9. The minimum atomic E-state index is -4.27. The lowest BCUT2D eigenvalue weighted by Gasteiger charge is -2.16. The molecular formula is C24H26F3N5S. The summed E-state index contributed by atoms with van der Waals surface area (Å²) in [6.07, 6.45) is 2.53. The lowest BCUT2D eigenvalue weighted by molar-refractivity contribution is -0.137. The van der Waals surface area contributed by atoms with Gasteiger partial charge >= 0.3 is 6.18 Å². The van der Waals surface area contributed by atoms with E-state index >= 15 is 0 Å². The average Bonchev–Trinajstić information content (AvgIpc) is 3.15. The van der Waals surface area contributed by atoms with E-state index in [9.17, 15) is 13.2 Å². The van der Waals surface area contributed by atoms with Gasteiger partial charge in [0, 0.05) is 37.3 Å². The summed E-state index contributed by atoms with van der Waals surface area (Å²) in [6.45, 7) is 3.14. The van der Waals surface area contributed by atoms with E-state index in [4.69, 9.17) is 0 Å². The molecule has 0 amide bonds. The number of aromatic nitrogens is 4. The normalized spacial score (nSPS) is 22.8. The minimum absolute atomic E-state index is 0.259. The van der Waals surface area contributed by atoms with Crippen molar-refractivity contribution in [2.75, 3.05) is 25.4 Å². The van der Waals surface area contributed by atoms with E-state index in [-0.39, 0.29) is 5.41 Å². The van der Waals surface area contributed by atoms with Crippen molar-refractivity contribution in [1.29, 1.82) is 0 Å². The Balaban J connectivity index is 1.09. The smallest absolute Gasteiger partial charge is 0.305 e. The summed E-state index contributed by atoms with van der Waals surface area (Å²) in [6, 6.07) is 9.64. The number of thioether (sulfide) groups is 1. The fourth-order valence-corrected chi connectivity index (χ4v) is 5.82. The zero-order valence-corrected chi connectivity index (χ0v) is 19.2. The summed E-state index contributed by atoms with van der Waals surface area (Å²) in [5.74, 6) is 2.17. The van der Waals surface area contributed by atoms with Crippen molar-refractivity contribution in [1.82, 2.24) is 24.6 Å². The number of pyridine rings is 1. The predicted molar refractivity (Wildman–Crippen MR) is 122 cm³/mol. The van der Waals surface area contributed by atoms with Crippen molar-refractivity contribution in [3.63, 3.8) is 0 Å². The molecule has 1 aliphatic heterocycles. The first kappa shape index (κ1) is 22.4. The van der Waals surface area contributed by atoms with Crippen LogP contribution in [0, 0.1) is 5.41 Å². The third kappa shape index (κ3) is 4.66. The molecule has 1 spiro atoms. The van der Waals surface area contributed by atoms with Crippen molar-refractivity contribution in [3.05, 3.63) is 59.9 Å². The van der Waals surface area contributed by atoms with Gasteiger partial charge in [-0.15, -0.1) is 10.2 Å². The van der Waals surface area contributed by atoms with Gasteiger partial charge in [0.1, 0.15) is 0 Å². The first-order valence-electron chi connectivity index (χ1n) is 11.2. The first-order valence-corrected chi connectivity index (χ1v) is 12.2. The Morgan fingerprint density at radius 3 is 2.70 bits per heavy atom. The molecule has 0 unspecified atom stereocenters. The van der Waals surface area contributed by atoms with Crippen LogP contribution in [-0.2, 0) is 13.2 Å². The average molecular weight is 474 g/mol. The van der Waals surface area contributed by atoms with Crippen molar-refractivity contribution >= 4 is 11.8 Å². The maximum Gasteiger partial charge on any atom is 0.416 e. The molecule has 3 heterocycles. The molecule has 5 rings (SSSR count). The number of hydrogen-bond donors (Lipinski definition) is 0. The molecule has 2 fully saturated rings. The van der Waals surface area contributed by atoms with Crippen LogP contribution in [0.3, 0.4) is 0 Å². The van der Waals surface area contributed by atoms with Crippen LogP contribution in [0.4, 0.5) is 13.2 Å². The zero-order chi connectivity index (χ0) is 23.1. The van der Waals surface area contributed by atoms with E-state index in [0.717, 1.165) is 66.8 Å². The Morgan fingerprint density at radius 1 is 1.15 bits per heavy atom. The van der Waals surface area contributed by atoms with Crippen LogP contribution in [0.5, 0.6) is 0 Å². The van der Waals surface area contributed by atoms with E-state index in [0.29, 0.717) is 5.92 Å². The Bertz CT molecular complexity index is 1100. The van der Waals surface area contributed by atoms with Gasteiger partial charge < -0.3 is 9.47 Å². The third-order valence-corrected chi connectivity index (χ3v) is 8.01. The van der Waals surface area contributed by atoms with Crippen LogP contribution in [-0.4, -0.2) is 50.0 Å². The van der Waals surface area contributed by atoms with Crippen LogP contribution in [0.15, 0.2) is 53.9 Å². The number of nitrogens with zero attached hydrogens (tertiary/aromatic N) is 5. The van der Waals surface area contributed by atoms with Gasteiger partial charge in [-0.05, 0) is 73.5 Å². The molecule has 3 aromatic rings. The SMILES string of the molecule is Cn1c(SCCCN2CC[C@@]3(C[C@H]3c3ccc(C(F)(F)F)cc3)C2)nnc1-c1cccnc1. The largest absolute Gasteiger partial charge is 0.416 e. The summed E-state index contributed by atoms with van der Waals surface area (Å²) >= 11 is 1.71. The Morgan fingerprint density at radius 2 is 1.97 bits per heavy atom. The maximum atomic E-state index is 12.8. The van der Waals surface area contributed by atoms with Crippen molar-refractivity contribution in [3.8, 4) is 11.4 Å². The molecule has 9 heteroatoms. The monoisotopic (exact) mass is 473 g/mol. The molecule has 5 nitrogen and oxygen atoms in total. The zero-order valence-electron chi connectivity index (χ0n) is 18.4. The predicted octanol–water partition coefficient (Wildman–Crippen LogP) is 5.26. The molecular weight excluding hydrogens is 447 g/mol. The van der Waals surface area contributed by atoms with Gasteiger partial charge in [0.2, 0.25) is 0 Å². The highest BCUT2D eigenvalue weighted by Gasteiger charge is 2.57. The third-order valence-electron chi connectivity index (χ3n) is 6.90. The topological polar surface area (TPSA) is 46.8 Å². The van der Waals surface area contributed by atoms with Crippen LogP contribution in [0.25, 0.3) is 11.4 Å². The quantitative estimate of drug-likeness (QED) is 0.346. The van der Waals surface area contributed by atoms with Crippen LogP contribution in [0.1, 0.15) is 36.3 Å².